The molecule has 1 aromatic heterocycles. The Bertz CT molecular complexity index is 430. The highest BCUT2D eigenvalue weighted by atomic mass is 16.6. The molecule has 2 heterocycles. The second-order valence-corrected chi connectivity index (χ2v) is 5.52. The maximum absolute atomic E-state index is 12.2. The molecule has 0 radical (unpaired) electrons. The van der Waals surface area contributed by atoms with Gasteiger partial charge in [-0.2, -0.15) is 0 Å². The van der Waals surface area contributed by atoms with Crippen LogP contribution in [0.25, 0.3) is 0 Å². The summed E-state index contributed by atoms with van der Waals surface area (Å²) in [6.45, 7) is 7.63. The van der Waals surface area contributed by atoms with Crippen LogP contribution in [0.1, 0.15) is 32.5 Å². The first kappa shape index (κ1) is 13.7. The molecule has 1 amide bonds. The zero-order valence-electron chi connectivity index (χ0n) is 11.6. The number of carbonyl (C=O) groups excluding carboxylic acids is 1. The van der Waals surface area contributed by atoms with Crippen LogP contribution in [-0.4, -0.2) is 46.2 Å². The molecule has 6 nitrogen and oxygen atoms in total. The Morgan fingerprint density at radius 1 is 1.47 bits per heavy atom. The van der Waals surface area contributed by atoms with Crippen molar-refractivity contribution in [3.05, 3.63) is 24.3 Å². The van der Waals surface area contributed by atoms with Crippen LogP contribution < -0.4 is 5.32 Å². The molecule has 6 heteroatoms. The van der Waals surface area contributed by atoms with E-state index >= 15 is 0 Å². The highest BCUT2D eigenvalue weighted by molar-refractivity contribution is 5.69. The van der Waals surface area contributed by atoms with Crippen LogP contribution >= 0.6 is 0 Å². The monoisotopic (exact) mass is 264 g/mol. The van der Waals surface area contributed by atoms with E-state index in [4.69, 9.17) is 4.74 Å². The minimum atomic E-state index is -0.491. The average molecular weight is 264 g/mol. The first-order valence-corrected chi connectivity index (χ1v) is 6.43. The lowest BCUT2D eigenvalue weighted by Gasteiger charge is -2.36. The van der Waals surface area contributed by atoms with E-state index in [1.807, 2.05) is 20.8 Å². The SMILES string of the molecule is CC(C)(C)OC(=O)N1CCNCC1c1cnccn1. The summed E-state index contributed by atoms with van der Waals surface area (Å²) in [4.78, 5) is 22.3. The van der Waals surface area contributed by atoms with Crippen molar-refractivity contribution in [1.82, 2.24) is 20.2 Å². The van der Waals surface area contributed by atoms with Crippen molar-refractivity contribution in [2.75, 3.05) is 19.6 Å². The van der Waals surface area contributed by atoms with E-state index in [9.17, 15) is 4.79 Å². The number of nitrogens with zero attached hydrogens (tertiary/aromatic N) is 3. The van der Waals surface area contributed by atoms with Crippen LogP contribution in [0.3, 0.4) is 0 Å². The van der Waals surface area contributed by atoms with E-state index in [0.29, 0.717) is 13.1 Å². The molecule has 0 spiro atoms. The number of hydrogen-bond acceptors (Lipinski definition) is 5. The maximum Gasteiger partial charge on any atom is 0.410 e. The predicted octanol–water partition coefficient (Wildman–Crippen LogP) is 1.36. The van der Waals surface area contributed by atoms with Crippen LogP contribution in [0.5, 0.6) is 0 Å². The molecule has 1 unspecified atom stereocenters. The van der Waals surface area contributed by atoms with Gasteiger partial charge >= 0.3 is 6.09 Å². The molecule has 0 aliphatic carbocycles. The molecular weight excluding hydrogens is 244 g/mol. The van der Waals surface area contributed by atoms with Gasteiger partial charge in [0.2, 0.25) is 0 Å². The lowest BCUT2D eigenvalue weighted by molar-refractivity contribution is 0.0113. The maximum atomic E-state index is 12.2. The van der Waals surface area contributed by atoms with Crippen LogP contribution in [0, 0.1) is 0 Å². The smallest absolute Gasteiger partial charge is 0.410 e. The van der Waals surface area contributed by atoms with Gasteiger partial charge in [-0.3, -0.25) is 14.9 Å². The normalized spacial score (nSPS) is 20.2. The Labute approximate surface area is 113 Å². The first-order valence-electron chi connectivity index (χ1n) is 6.43. The highest BCUT2D eigenvalue weighted by Gasteiger charge is 2.32. The molecule has 19 heavy (non-hydrogen) atoms. The third kappa shape index (κ3) is 3.64. The molecule has 0 aromatic carbocycles. The van der Waals surface area contributed by atoms with Crippen molar-refractivity contribution in [2.24, 2.45) is 0 Å². The van der Waals surface area contributed by atoms with E-state index in [-0.39, 0.29) is 12.1 Å². The molecule has 1 N–H and O–H groups in total. The zero-order valence-corrected chi connectivity index (χ0v) is 11.6. The number of hydrogen-bond donors (Lipinski definition) is 1. The second kappa shape index (κ2) is 5.52. The van der Waals surface area contributed by atoms with Gasteiger partial charge in [-0.25, -0.2) is 4.79 Å². The molecule has 1 atom stereocenters. The van der Waals surface area contributed by atoms with Crippen LogP contribution in [-0.2, 0) is 4.74 Å². The fourth-order valence-corrected chi connectivity index (χ4v) is 1.99. The van der Waals surface area contributed by atoms with E-state index in [2.05, 4.69) is 15.3 Å². The third-order valence-electron chi connectivity index (χ3n) is 2.80. The number of piperazine rings is 1. The number of rotatable bonds is 1. The Morgan fingerprint density at radius 2 is 2.26 bits per heavy atom. The number of aromatic nitrogens is 2. The average Bonchev–Trinajstić information content (AvgIpc) is 2.38. The van der Waals surface area contributed by atoms with Gasteiger partial charge < -0.3 is 10.1 Å². The Balaban J connectivity index is 2.15. The zero-order chi connectivity index (χ0) is 13.9. The molecule has 1 saturated heterocycles. The lowest BCUT2D eigenvalue weighted by atomic mass is 10.1. The highest BCUT2D eigenvalue weighted by Crippen LogP contribution is 2.22. The first-order chi connectivity index (χ1) is 8.97. The van der Waals surface area contributed by atoms with Crippen LogP contribution in [0.15, 0.2) is 18.6 Å². The summed E-state index contributed by atoms with van der Waals surface area (Å²) in [5.74, 6) is 0. The Kier molecular flexibility index (Phi) is 3.99. The quantitative estimate of drug-likeness (QED) is 0.829. The number of ether oxygens (including phenoxy) is 1. The largest absolute Gasteiger partial charge is 0.444 e. The van der Waals surface area contributed by atoms with Crippen molar-refractivity contribution >= 4 is 6.09 Å². The number of amides is 1. The van der Waals surface area contributed by atoms with E-state index < -0.39 is 5.60 Å². The second-order valence-electron chi connectivity index (χ2n) is 5.52. The summed E-state index contributed by atoms with van der Waals surface area (Å²) in [5, 5.41) is 3.26. The minimum absolute atomic E-state index is 0.128. The summed E-state index contributed by atoms with van der Waals surface area (Å²) in [6, 6.07) is -0.128. The van der Waals surface area contributed by atoms with Gasteiger partial charge in [0.05, 0.1) is 17.9 Å². The molecular formula is C13H20N4O2. The number of nitrogens with one attached hydrogen (secondary N) is 1. The van der Waals surface area contributed by atoms with Crippen molar-refractivity contribution in [1.29, 1.82) is 0 Å². The van der Waals surface area contributed by atoms with Gasteiger partial charge in [0.15, 0.2) is 0 Å². The van der Waals surface area contributed by atoms with Gasteiger partial charge in [-0.15, -0.1) is 0 Å². The standard InChI is InChI=1S/C13H20N4O2/c1-13(2,3)19-12(18)17-7-6-15-9-11(17)10-8-14-4-5-16-10/h4-5,8,11,15H,6-7,9H2,1-3H3. The molecule has 1 aliphatic rings. The van der Waals surface area contributed by atoms with E-state index in [1.54, 1.807) is 23.5 Å². The summed E-state index contributed by atoms with van der Waals surface area (Å²) in [5.41, 5.74) is 0.287. The summed E-state index contributed by atoms with van der Waals surface area (Å²) in [6.07, 6.45) is 4.65. The molecule has 1 aromatic rings. The minimum Gasteiger partial charge on any atom is -0.444 e. The number of carbonyl (C=O) groups is 1. The third-order valence-corrected chi connectivity index (χ3v) is 2.80. The molecule has 104 valence electrons. The topological polar surface area (TPSA) is 67.3 Å². The van der Waals surface area contributed by atoms with E-state index in [0.717, 1.165) is 12.2 Å². The molecule has 1 aliphatic heterocycles. The van der Waals surface area contributed by atoms with Gasteiger partial charge in [0.1, 0.15) is 5.60 Å². The van der Waals surface area contributed by atoms with Crippen molar-refractivity contribution < 1.29 is 9.53 Å². The molecule has 0 saturated carbocycles. The fraction of sp³-hybridized carbons (Fsp3) is 0.615. The van der Waals surface area contributed by atoms with Gasteiger partial charge in [0.25, 0.3) is 0 Å². The Morgan fingerprint density at radius 3 is 2.89 bits per heavy atom. The van der Waals surface area contributed by atoms with Crippen LogP contribution in [0.4, 0.5) is 4.79 Å². The summed E-state index contributed by atoms with van der Waals surface area (Å²) in [7, 11) is 0. The van der Waals surface area contributed by atoms with Crippen molar-refractivity contribution in [2.45, 2.75) is 32.4 Å². The van der Waals surface area contributed by atoms with Gasteiger partial charge in [-0.05, 0) is 20.8 Å². The lowest BCUT2D eigenvalue weighted by Crippen LogP contribution is -2.50. The van der Waals surface area contributed by atoms with Gasteiger partial charge in [-0.1, -0.05) is 0 Å². The fourth-order valence-electron chi connectivity index (χ4n) is 1.99. The van der Waals surface area contributed by atoms with E-state index in [1.165, 1.54) is 0 Å². The Hall–Kier alpha value is -1.69. The molecule has 2 rings (SSSR count). The molecule has 0 bridgehead atoms. The molecule has 1 fully saturated rings. The van der Waals surface area contributed by atoms with Crippen molar-refractivity contribution in [3.63, 3.8) is 0 Å². The van der Waals surface area contributed by atoms with Gasteiger partial charge in [0, 0.05) is 32.0 Å². The predicted molar refractivity (Wildman–Crippen MR) is 70.6 cm³/mol. The van der Waals surface area contributed by atoms with Crippen molar-refractivity contribution in [3.8, 4) is 0 Å². The summed E-state index contributed by atoms with van der Waals surface area (Å²) < 4.78 is 5.44. The summed E-state index contributed by atoms with van der Waals surface area (Å²) >= 11 is 0. The van der Waals surface area contributed by atoms with Crippen LogP contribution in [0.2, 0.25) is 0 Å².